The first-order valence-corrected chi connectivity index (χ1v) is 6.84. The predicted octanol–water partition coefficient (Wildman–Crippen LogP) is 4.17. The first kappa shape index (κ1) is 13.8. The van der Waals surface area contributed by atoms with E-state index in [2.05, 4.69) is 33.8 Å². The molecule has 0 spiro atoms. The molecule has 0 amide bonds. The van der Waals surface area contributed by atoms with Crippen LogP contribution < -0.4 is 0 Å². The van der Waals surface area contributed by atoms with Gasteiger partial charge in [0.05, 0.1) is 6.10 Å². The number of allylic oxidation sites excluding steroid dienone is 2. The van der Waals surface area contributed by atoms with Crippen molar-refractivity contribution >= 4 is 0 Å². The van der Waals surface area contributed by atoms with Crippen LogP contribution in [0.4, 0.5) is 0 Å². The number of hydrogen-bond donors (Lipinski definition) is 1. The van der Waals surface area contributed by atoms with Crippen LogP contribution in [-0.4, -0.2) is 11.2 Å². The Balaban J connectivity index is 2.27. The minimum absolute atomic E-state index is 0.108. The molecule has 1 heteroatoms. The lowest BCUT2D eigenvalue weighted by molar-refractivity contribution is 0.104. The van der Waals surface area contributed by atoms with Gasteiger partial charge < -0.3 is 5.11 Å². The number of hydrogen-bond acceptors (Lipinski definition) is 1. The Kier molecular flexibility index (Phi) is 5.54. The fourth-order valence-corrected chi connectivity index (χ4v) is 2.51. The second kappa shape index (κ2) is 6.44. The summed E-state index contributed by atoms with van der Waals surface area (Å²) in [7, 11) is 0. The lowest BCUT2D eigenvalue weighted by Crippen LogP contribution is -2.19. The largest absolute Gasteiger partial charge is 0.393 e. The van der Waals surface area contributed by atoms with E-state index < -0.39 is 0 Å². The summed E-state index contributed by atoms with van der Waals surface area (Å²) in [5.41, 5.74) is 1.56. The standard InChI is InChI=1S/C15H28O/c1-11(2)15(16)10-7-13(4)14-8-5-12(3)6-9-14/h5,11,13-16H,6-10H2,1-4H3/t13-,14+,15?/m1/s1. The molecule has 1 aliphatic carbocycles. The van der Waals surface area contributed by atoms with Crippen molar-refractivity contribution in [3.8, 4) is 0 Å². The molecule has 16 heavy (non-hydrogen) atoms. The zero-order chi connectivity index (χ0) is 12.1. The van der Waals surface area contributed by atoms with E-state index in [0.717, 1.165) is 18.3 Å². The van der Waals surface area contributed by atoms with Crippen LogP contribution in [0.15, 0.2) is 11.6 Å². The van der Waals surface area contributed by atoms with Crippen molar-refractivity contribution in [3.63, 3.8) is 0 Å². The van der Waals surface area contributed by atoms with Gasteiger partial charge in [0.15, 0.2) is 0 Å². The van der Waals surface area contributed by atoms with Crippen LogP contribution in [0.2, 0.25) is 0 Å². The highest BCUT2D eigenvalue weighted by Gasteiger charge is 2.20. The molecule has 0 aliphatic heterocycles. The molecule has 1 rings (SSSR count). The summed E-state index contributed by atoms with van der Waals surface area (Å²) < 4.78 is 0. The fourth-order valence-electron chi connectivity index (χ4n) is 2.51. The molecule has 0 aromatic rings. The summed E-state index contributed by atoms with van der Waals surface area (Å²) in [5, 5.41) is 9.80. The second-order valence-electron chi connectivity index (χ2n) is 5.95. The molecular weight excluding hydrogens is 196 g/mol. The average molecular weight is 224 g/mol. The molecule has 1 unspecified atom stereocenters. The molecule has 0 heterocycles. The minimum Gasteiger partial charge on any atom is -0.393 e. The Bertz CT molecular complexity index is 230. The SMILES string of the molecule is CC1=CC[C@H]([C@H](C)CCC(O)C(C)C)CC1. The zero-order valence-corrected chi connectivity index (χ0v) is 11.4. The molecule has 0 fully saturated rings. The van der Waals surface area contributed by atoms with Gasteiger partial charge in [-0.25, -0.2) is 0 Å². The third kappa shape index (κ3) is 4.29. The smallest absolute Gasteiger partial charge is 0.0563 e. The van der Waals surface area contributed by atoms with E-state index in [1.165, 1.54) is 25.7 Å². The summed E-state index contributed by atoms with van der Waals surface area (Å²) in [5.74, 6) is 2.02. The van der Waals surface area contributed by atoms with E-state index in [4.69, 9.17) is 0 Å². The van der Waals surface area contributed by atoms with E-state index in [0.29, 0.717) is 5.92 Å². The quantitative estimate of drug-likeness (QED) is 0.695. The summed E-state index contributed by atoms with van der Waals surface area (Å²) in [6.45, 7) is 8.79. The van der Waals surface area contributed by atoms with Crippen LogP contribution >= 0.6 is 0 Å². The van der Waals surface area contributed by atoms with E-state index in [1.807, 2.05) is 0 Å². The van der Waals surface area contributed by atoms with Crippen LogP contribution in [0.3, 0.4) is 0 Å². The summed E-state index contributed by atoms with van der Waals surface area (Å²) >= 11 is 0. The Morgan fingerprint density at radius 3 is 2.50 bits per heavy atom. The van der Waals surface area contributed by atoms with Crippen molar-refractivity contribution in [1.29, 1.82) is 0 Å². The van der Waals surface area contributed by atoms with Crippen molar-refractivity contribution < 1.29 is 5.11 Å². The maximum absolute atomic E-state index is 9.80. The Hall–Kier alpha value is -0.300. The topological polar surface area (TPSA) is 20.2 Å². The monoisotopic (exact) mass is 224 g/mol. The van der Waals surface area contributed by atoms with Crippen LogP contribution in [0.1, 0.15) is 59.8 Å². The maximum atomic E-state index is 9.80. The highest BCUT2D eigenvalue weighted by molar-refractivity contribution is 5.03. The van der Waals surface area contributed by atoms with Gasteiger partial charge in [-0.2, -0.15) is 0 Å². The third-order valence-electron chi connectivity index (χ3n) is 4.17. The Morgan fingerprint density at radius 1 is 1.31 bits per heavy atom. The first-order chi connectivity index (χ1) is 7.50. The van der Waals surface area contributed by atoms with Crippen molar-refractivity contribution in [1.82, 2.24) is 0 Å². The molecule has 0 saturated heterocycles. The molecular formula is C15H28O. The Morgan fingerprint density at radius 2 is 2.00 bits per heavy atom. The van der Waals surface area contributed by atoms with E-state index >= 15 is 0 Å². The van der Waals surface area contributed by atoms with Gasteiger partial charge in [0.25, 0.3) is 0 Å². The molecule has 0 saturated carbocycles. The van der Waals surface area contributed by atoms with E-state index in [1.54, 1.807) is 5.57 Å². The van der Waals surface area contributed by atoms with Crippen molar-refractivity contribution in [2.24, 2.45) is 17.8 Å². The summed E-state index contributed by atoms with van der Waals surface area (Å²) in [4.78, 5) is 0. The van der Waals surface area contributed by atoms with Gasteiger partial charge in [0.2, 0.25) is 0 Å². The zero-order valence-electron chi connectivity index (χ0n) is 11.4. The molecule has 0 bridgehead atoms. The molecule has 94 valence electrons. The molecule has 0 radical (unpaired) electrons. The van der Waals surface area contributed by atoms with Gasteiger partial charge in [-0.05, 0) is 56.8 Å². The lowest BCUT2D eigenvalue weighted by atomic mass is 9.79. The first-order valence-electron chi connectivity index (χ1n) is 6.84. The highest BCUT2D eigenvalue weighted by atomic mass is 16.3. The second-order valence-corrected chi connectivity index (χ2v) is 5.95. The molecule has 1 aliphatic rings. The van der Waals surface area contributed by atoms with Crippen LogP contribution in [0, 0.1) is 17.8 Å². The fraction of sp³-hybridized carbons (Fsp3) is 0.867. The average Bonchev–Trinajstić information content (AvgIpc) is 2.26. The van der Waals surface area contributed by atoms with Gasteiger partial charge >= 0.3 is 0 Å². The summed E-state index contributed by atoms with van der Waals surface area (Å²) in [6, 6.07) is 0. The molecule has 0 aromatic carbocycles. The third-order valence-corrected chi connectivity index (χ3v) is 4.17. The van der Waals surface area contributed by atoms with Gasteiger partial charge in [0, 0.05) is 0 Å². The van der Waals surface area contributed by atoms with E-state index in [9.17, 15) is 5.11 Å². The summed E-state index contributed by atoms with van der Waals surface area (Å²) in [6.07, 6.45) is 8.33. The van der Waals surface area contributed by atoms with Crippen LogP contribution in [-0.2, 0) is 0 Å². The van der Waals surface area contributed by atoms with Gasteiger partial charge in [0.1, 0.15) is 0 Å². The van der Waals surface area contributed by atoms with Crippen LogP contribution in [0.25, 0.3) is 0 Å². The predicted molar refractivity (Wildman–Crippen MR) is 70.3 cm³/mol. The van der Waals surface area contributed by atoms with Crippen molar-refractivity contribution in [2.45, 2.75) is 65.9 Å². The van der Waals surface area contributed by atoms with Gasteiger partial charge in [-0.15, -0.1) is 0 Å². The number of aliphatic hydroxyl groups excluding tert-OH is 1. The van der Waals surface area contributed by atoms with Crippen molar-refractivity contribution in [3.05, 3.63) is 11.6 Å². The van der Waals surface area contributed by atoms with Crippen molar-refractivity contribution in [2.75, 3.05) is 0 Å². The Labute approximate surface area is 101 Å². The number of aliphatic hydroxyl groups is 1. The maximum Gasteiger partial charge on any atom is 0.0563 e. The normalized spacial score (nSPS) is 25.4. The molecule has 1 nitrogen and oxygen atoms in total. The number of rotatable bonds is 5. The molecule has 0 aromatic heterocycles. The molecule has 3 atom stereocenters. The van der Waals surface area contributed by atoms with Gasteiger partial charge in [-0.1, -0.05) is 32.4 Å². The van der Waals surface area contributed by atoms with E-state index in [-0.39, 0.29) is 6.10 Å². The van der Waals surface area contributed by atoms with Crippen LogP contribution in [0.5, 0.6) is 0 Å². The minimum atomic E-state index is -0.108. The van der Waals surface area contributed by atoms with Gasteiger partial charge in [-0.3, -0.25) is 0 Å². The highest BCUT2D eigenvalue weighted by Crippen LogP contribution is 2.32. The lowest BCUT2D eigenvalue weighted by Gasteiger charge is -2.27. The molecule has 1 N–H and O–H groups in total.